The van der Waals surface area contributed by atoms with E-state index in [1.165, 1.54) is 44.6 Å². The number of rotatable bonds is 10. The van der Waals surface area contributed by atoms with Gasteiger partial charge in [0, 0.05) is 0 Å². The highest BCUT2D eigenvalue weighted by Gasteiger charge is 2.35. The molecule has 0 aliphatic carbocycles. The van der Waals surface area contributed by atoms with Crippen molar-refractivity contribution in [3.63, 3.8) is 0 Å². The number of nitrogens with zero attached hydrogens (tertiary/aromatic N) is 1. The van der Waals surface area contributed by atoms with Gasteiger partial charge in [-0.15, -0.1) is 0 Å². The molecule has 9 nitrogen and oxygen atoms in total. The highest BCUT2D eigenvalue weighted by Crippen LogP contribution is 2.35. The van der Waals surface area contributed by atoms with E-state index in [0.29, 0.717) is 17.1 Å². The fraction of sp³-hybridized carbons (Fsp3) is 0.154. The molecule has 1 saturated heterocycles. The van der Waals surface area contributed by atoms with Crippen LogP contribution in [0.25, 0.3) is 6.08 Å². The molecule has 1 aliphatic rings. The molecule has 0 aromatic heterocycles. The second-order valence-electron chi connectivity index (χ2n) is 7.59. The molecule has 2 amide bonds. The molecule has 3 aromatic rings. The summed E-state index contributed by atoms with van der Waals surface area (Å²) in [6.07, 6.45) is 1.53. The maximum absolute atomic E-state index is 12.9. The average Bonchev–Trinajstić information content (AvgIpc) is 3.17. The lowest BCUT2D eigenvalue weighted by atomic mass is 10.2. The zero-order valence-corrected chi connectivity index (χ0v) is 21.6. The predicted molar refractivity (Wildman–Crippen MR) is 138 cm³/mol. The van der Waals surface area contributed by atoms with Gasteiger partial charge in [-0.25, -0.2) is 0 Å². The summed E-state index contributed by atoms with van der Waals surface area (Å²) >= 11 is 0.806. The molecular formula is C26H23NO8S2. The highest BCUT2D eigenvalue weighted by molar-refractivity contribution is 8.18. The number of amides is 2. The molecule has 0 saturated carbocycles. The summed E-state index contributed by atoms with van der Waals surface area (Å²) in [4.78, 5) is 26.6. The Kier molecular flexibility index (Phi) is 8.04. The van der Waals surface area contributed by atoms with Gasteiger partial charge < -0.3 is 18.4 Å². The molecule has 1 heterocycles. The van der Waals surface area contributed by atoms with E-state index in [1.807, 2.05) is 6.07 Å². The first kappa shape index (κ1) is 26.1. The van der Waals surface area contributed by atoms with Crippen molar-refractivity contribution in [2.24, 2.45) is 0 Å². The van der Waals surface area contributed by atoms with Crippen LogP contribution in [0.1, 0.15) is 5.56 Å². The summed E-state index contributed by atoms with van der Waals surface area (Å²) < 4.78 is 46.6. The number of carbonyl (C=O) groups is 2. The summed E-state index contributed by atoms with van der Waals surface area (Å²) in [5.74, 6) is 0.748. The first-order valence-corrected chi connectivity index (χ1v) is 13.2. The van der Waals surface area contributed by atoms with Crippen molar-refractivity contribution in [2.45, 2.75) is 4.90 Å². The normalized spacial score (nSPS) is 14.6. The number of benzene rings is 3. The van der Waals surface area contributed by atoms with Gasteiger partial charge in [-0.2, -0.15) is 8.42 Å². The first-order valence-electron chi connectivity index (χ1n) is 11.0. The molecule has 3 aromatic carbocycles. The van der Waals surface area contributed by atoms with Gasteiger partial charge in [0.05, 0.1) is 25.7 Å². The van der Waals surface area contributed by atoms with E-state index in [0.717, 1.165) is 16.7 Å². The number of thioether (sulfide) groups is 1. The standard InChI is InChI=1S/C26H23NO8S2/c1-32-20-10-6-7-11-21(20)34-15-14-27-25(28)24(36-26(27)29)17-18-12-13-22(23(16-18)33-2)35-37(30,31)19-8-4-3-5-9-19/h3-13,16-17H,14-15H2,1-2H3/b24-17-. The molecular weight excluding hydrogens is 518 g/mol. The minimum Gasteiger partial charge on any atom is -0.493 e. The predicted octanol–water partition coefficient (Wildman–Crippen LogP) is 4.59. The molecule has 4 rings (SSSR count). The van der Waals surface area contributed by atoms with E-state index in [9.17, 15) is 18.0 Å². The van der Waals surface area contributed by atoms with Gasteiger partial charge in [-0.3, -0.25) is 14.5 Å². The van der Waals surface area contributed by atoms with Crippen molar-refractivity contribution < 1.29 is 36.4 Å². The van der Waals surface area contributed by atoms with Crippen LogP contribution in [0, 0.1) is 0 Å². The van der Waals surface area contributed by atoms with Crippen molar-refractivity contribution >= 4 is 39.1 Å². The number of hydrogen-bond donors (Lipinski definition) is 0. The third-order valence-corrected chi connectivity index (χ3v) is 7.39. The van der Waals surface area contributed by atoms with Crippen LogP contribution in [0.5, 0.6) is 23.0 Å². The lowest BCUT2D eigenvalue weighted by molar-refractivity contribution is -0.123. The third kappa shape index (κ3) is 6.07. The molecule has 0 atom stereocenters. The monoisotopic (exact) mass is 541 g/mol. The summed E-state index contributed by atoms with van der Waals surface area (Å²) in [6.45, 7) is 0.162. The van der Waals surface area contributed by atoms with Crippen LogP contribution in [0.2, 0.25) is 0 Å². The van der Waals surface area contributed by atoms with E-state index in [-0.39, 0.29) is 34.5 Å². The molecule has 192 valence electrons. The Morgan fingerprint density at radius 3 is 2.22 bits per heavy atom. The molecule has 11 heteroatoms. The van der Waals surface area contributed by atoms with Crippen molar-refractivity contribution in [3.05, 3.63) is 83.3 Å². The number of carbonyl (C=O) groups excluding carboxylic acids is 2. The van der Waals surface area contributed by atoms with Crippen LogP contribution < -0.4 is 18.4 Å². The molecule has 0 unspecified atom stereocenters. The Morgan fingerprint density at radius 2 is 1.51 bits per heavy atom. The fourth-order valence-electron chi connectivity index (χ4n) is 3.43. The maximum atomic E-state index is 12.9. The topological polar surface area (TPSA) is 108 Å². The molecule has 0 bridgehead atoms. The van der Waals surface area contributed by atoms with Gasteiger partial charge >= 0.3 is 10.1 Å². The number of hydrogen-bond acceptors (Lipinski definition) is 9. The van der Waals surface area contributed by atoms with Gasteiger partial charge in [0.2, 0.25) is 0 Å². The summed E-state index contributed by atoms with van der Waals surface area (Å²) in [7, 11) is -1.16. The van der Waals surface area contributed by atoms with Crippen molar-refractivity contribution in [1.82, 2.24) is 4.90 Å². The van der Waals surface area contributed by atoms with Crippen LogP contribution in [-0.4, -0.2) is 51.8 Å². The van der Waals surface area contributed by atoms with Gasteiger partial charge in [0.25, 0.3) is 11.1 Å². The van der Waals surface area contributed by atoms with Crippen LogP contribution >= 0.6 is 11.8 Å². The molecule has 0 spiro atoms. The highest BCUT2D eigenvalue weighted by atomic mass is 32.2. The zero-order chi connectivity index (χ0) is 26.4. The summed E-state index contributed by atoms with van der Waals surface area (Å²) in [5.41, 5.74) is 0.525. The molecule has 1 aliphatic heterocycles. The van der Waals surface area contributed by atoms with Crippen LogP contribution in [0.4, 0.5) is 4.79 Å². The van der Waals surface area contributed by atoms with E-state index in [2.05, 4.69) is 0 Å². The van der Waals surface area contributed by atoms with Gasteiger partial charge in [-0.05, 0) is 59.8 Å². The number of para-hydroxylation sites is 2. The smallest absolute Gasteiger partial charge is 0.339 e. The second kappa shape index (κ2) is 11.4. The lowest BCUT2D eigenvalue weighted by Gasteiger charge is -2.14. The number of ether oxygens (including phenoxy) is 3. The Bertz CT molecular complexity index is 1440. The third-order valence-electron chi connectivity index (χ3n) is 5.23. The first-order chi connectivity index (χ1) is 17.8. The Labute approximate surface area is 218 Å². The SMILES string of the molecule is COc1ccccc1OCCN1C(=O)S/C(=C\c2ccc(OS(=O)(=O)c3ccccc3)c(OC)c2)C1=O. The van der Waals surface area contributed by atoms with Crippen molar-refractivity contribution in [1.29, 1.82) is 0 Å². The largest absolute Gasteiger partial charge is 0.493 e. The van der Waals surface area contributed by atoms with Crippen molar-refractivity contribution in [2.75, 3.05) is 27.4 Å². The van der Waals surface area contributed by atoms with Gasteiger partial charge in [0.15, 0.2) is 23.0 Å². The van der Waals surface area contributed by atoms with E-state index >= 15 is 0 Å². The molecule has 0 radical (unpaired) electrons. The minimum atomic E-state index is -4.06. The maximum Gasteiger partial charge on any atom is 0.339 e. The van der Waals surface area contributed by atoms with Crippen LogP contribution in [0.15, 0.2) is 82.6 Å². The lowest BCUT2D eigenvalue weighted by Crippen LogP contribution is -2.32. The van der Waals surface area contributed by atoms with Gasteiger partial charge in [-0.1, -0.05) is 36.4 Å². The minimum absolute atomic E-state index is 0.00416. The zero-order valence-electron chi connectivity index (χ0n) is 19.9. The Hall–Kier alpha value is -3.96. The average molecular weight is 542 g/mol. The summed E-state index contributed by atoms with van der Waals surface area (Å²) in [5, 5.41) is -0.416. The Balaban J connectivity index is 1.45. The molecule has 1 fully saturated rings. The van der Waals surface area contributed by atoms with Crippen molar-refractivity contribution in [3.8, 4) is 23.0 Å². The van der Waals surface area contributed by atoms with Crippen LogP contribution in [0.3, 0.4) is 0 Å². The second-order valence-corrected chi connectivity index (χ2v) is 10.1. The molecule has 37 heavy (non-hydrogen) atoms. The van der Waals surface area contributed by atoms with E-state index in [1.54, 1.807) is 42.5 Å². The quantitative estimate of drug-likeness (QED) is 0.269. The van der Waals surface area contributed by atoms with Crippen LogP contribution in [-0.2, 0) is 14.9 Å². The molecule has 0 N–H and O–H groups in total. The van der Waals surface area contributed by atoms with E-state index < -0.39 is 21.3 Å². The van der Waals surface area contributed by atoms with Gasteiger partial charge in [0.1, 0.15) is 11.5 Å². The number of methoxy groups -OCH3 is 2. The van der Waals surface area contributed by atoms with E-state index in [4.69, 9.17) is 18.4 Å². The fourth-order valence-corrected chi connectivity index (χ4v) is 5.25. The number of imide groups is 1. The summed E-state index contributed by atoms with van der Waals surface area (Å²) in [6, 6.07) is 19.3. The Morgan fingerprint density at radius 1 is 0.838 bits per heavy atom.